The Labute approximate surface area is 119 Å². The van der Waals surface area contributed by atoms with Gasteiger partial charge in [0.2, 0.25) is 0 Å². The van der Waals surface area contributed by atoms with Gasteiger partial charge in [-0.05, 0) is 30.0 Å². The summed E-state index contributed by atoms with van der Waals surface area (Å²) >= 11 is 1.59. The Kier molecular flexibility index (Phi) is 4.65. The van der Waals surface area contributed by atoms with Crippen molar-refractivity contribution in [1.82, 2.24) is 4.98 Å². The number of alkyl halides is 3. The van der Waals surface area contributed by atoms with Crippen LogP contribution in [0.5, 0.6) is 0 Å². The van der Waals surface area contributed by atoms with Gasteiger partial charge in [0.05, 0.1) is 11.6 Å². The summed E-state index contributed by atoms with van der Waals surface area (Å²) in [6.07, 6.45) is -1.38. The monoisotopic (exact) mass is 300 g/mol. The molecule has 2 aromatic heterocycles. The second-order valence-corrected chi connectivity index (χ2v) is 5.41. The second kappa shape index (κ2) is 6.26. The molecule has 0 aromatic carbocycles. The minimum atomic E-state index is -4.34. The highest BCUT2D eigenvalue weighted by molar-refractivity contribution is 7.10. The van der Waals surface area contributed by atoms with E-state index in [-0.39, 0.29) is 11.9 Å². The first-order valence-electron chi connectivity index (χ1n) is 6.34. The van der Waals surface area contributed by atoms with Gasteiger partial charge in [-0.25, -0.2) is 4.98 Å². The normalized spacial score (nSPS) is 13.2. The lowest BCUT2D eigenvalue weighted by molar-refractivity contribution is -0.137. The zero-order chi connectivity index (χ0) is 14.6. The van der Waals surface area contributed by atoms with E-state index >= 15 is 0 Å². The second-order valence-electron chi connectivity index (χ2n) is 4.43. The van der Waals surface area contributed by atoms with Crippen LogP contribution in [0.15, 0.2) is 35.8 Å². The molecule has 2 heterocycles. The summed E-state index contributed by atoms with van der Waals surface area (Å²) in [5, 5.41) is 5.05. The molecule has 20 heavy (non-hydrogen) atoms. The van der Waals surface area contributed by atoms with Gasteiger partial charge >= 0.3 is 6.18 Å². The van der Waals surface area contributed by atoms with Crippen molar-refractivity contribution < 1.29 is 13.2 Å². The summed E-state index contributed by atoms with van der Waals surface area (Å²) in [5.74, 6) is 0.256. The number of hydrogen-bond donors (Lipinski definition) is 1. The first-order valence-corrected chi connectivity index (χ1v) is 7.22. The standard InChI is InChI=1S/C14H15F3N2S/c1-2-4-11(12-5-3-8-20-12)19-13-9-10(6-7-18-13)14(15,16)17/h3,5-9,11H,2,4H2,1H3,(H,18,19). The Balaban J connectivity index is 2.19. The molecule has 0 aliphatic rings. The van der Waals surface area contributed by atoms with Crippen molar-refractivity contribution in [1.29, 1.82) is 0 Å². The number of thiophene rings is 1. The fourth-order valence-electron chi connectivity index (χ4n) is 1.93. The van der Waals surface area contributed by atoms with Crippen LogP contribution in [0, 0.1) is 0 Å². The van der Waals surface area contributed by atoms with E-state index in [9.17, 15) is 13.2 Å². The van der Waals surface area contributed by atoms with Gasteiger partial charge in [-0.1, -0.05) is 19.4 Å². The average Bonchev–Trinajstić information content (AvgIpc) is 2.91. The topological polar surface area (TPSA) is 24.9 Å². The number of anilines is 1. The SMILES string of the molecule is CCCC(Nc1cc(C(F)(F)F)ccn1)c1cccs1. The van der Waals surface area contributed by atoms with Crippen molar-refractivity contribution >= 4 is 17.2 Å². The van der Waals surface area contributed by atoms with Gasteiger partial charge in [-0.2, -0.15) is 13.2 Å². The van der Waals surface area contributed by atoms with E-state index in [2.05, 4.69) is 10.3 Å². The number of rotatable bonds is 5. The average molecular weight is 300 g/mol. The van der Waals surface area contributed by atoms with E-state index in [1.807, 2.05) is 24.4 Å². The largest absolute Gasteiger partial charge is 0.416 e. The molecule has 1 atom stereocenters. The van der Waals surface area contributed by atoms with E-state index in [1.165, 1.54) is 6.20 Å². The highest BCUT2D eigenvalue weighted by Gasteiger charge is 2.30. The van der Waals surface area contributed by atoms with Crippen molar-refractivity contribution in [3.63, 3.8) is 0 Å². The number of nitrogens with zero attached hydrogens (tertiary/aromatic N) is 1. The molecule has 1 N–H and O–H groups in total. The molecule has 2 aromatic rings. The van der Waals surface area contributed by atoms with Crippen LogP contribution < -0.4 is 5.32 Å². The summed E-state index contributed by atoms with van der Waals surface area (Å²) in [4.78, 5) is 5.08. The molecule has 0 fully saturated rings. The Morgan fingerprint density at radius 1 is 1.35 bits per heavy atom. The smallest absolute Gasteiger partial charge is 0.362 e. The van der Waals surface area contributed by atoms with Crippen molar-refractivity contribution in [2.75, 3.05) is 5.32 Å². The van der Waals surface area contributed by atoms with E-state index in [0.717, 1.165) is 29.9 Å². The highest BCUT2D eigenvalue weighted by atomic mass is 32.1. The maximum atomic E-state index is 12.7. The number of hydrogen-bond acceptors (Lipinski definition) is 3. The van der Waals surface area contributed by atoms with E-state index in [1.54, 1.807) is 11.3 Å². The quantitative estimate of drug-likeness (QED) is 0.829. The van der Waals surface area contributed by atoms with Crippen LogP contribution in [-0.4, -0.2) is 4.98 Å². The molecule has 108 valence electrons. The number of pyridine rings is 1. The van der Waals surface area contributed by atoms with Crippen molar-refractivity contribution in [3.8, 4) is 0 Å². The van der Waals surface area contributed by atoms with Gasteiger partial charge in [0.15, 0.2) is 0 Å². The third kappa shape index (κ3) is 3.72. The summed E-state index contributed by atoms with van der Waals surface area (Å²) in [6.45, 7) is 2.04. The molecule has 0 aliphatic carbocycles. The van der Waals surface area contributed by atoms with Gasteiger partial charge in [-0.15, -0.1) is 11.3 Å². The molecule has 0 amide bonds. The van der Waals surface area contributed by atoms with Crippen LogP contribution in [0.3, 0.4) is 0 Å². The van der Waals surface area contributed by atoms with Gasteiger partial charge in [-0.3, -0.25) is 0 Å². The van der Waals surface area contributed by atoms with Crippen LogP contribution in [0.1, 0.15) is 36.2 Å². The van der Waals surface area contributed by atoms with Gasteiger partial charge in [0.25, 0.3) is 0 Å². The summed E-state index contributed by atoms with van der Waals surface area (Å²) < 4.78 is 38.0. The molecule has 0 aliphatic heterocycles. The maximum absolute atomic E-state index is 12.7. The van der Waals surface area contributed by atoms with Gasteiger partial charge < -0.3 is 5.32 Å². The third-order valence-electron chi connectivity index (χ3n) is 2.87. The number of halogens is 3. The fraction of sp³-hybridized carbons (Fsp3) is 0.357. The Morgan fingerprint density at radius 2 is 2.15 bits per heavy atom. The highest BCUT2D eigenvalue weighted by Crippen LogP contribution is 2.32. The van der Waals surface area contributed by atoms with E-state index in [0.29, 0.717) is 0 Å². The molecule has 0 spiro atoms. The summed E-state index contributed by atoms with van der Waals surface area (Å²) in [7, 11) is 0. The molecule has 0 radical (unpaired) electrons. The molecule has 2 rings (SSSR count). The molecule has 6 heteroatoms. The summed E-state index contributed by atoms with van der Waals surface area (Å²) in [6, 6.07) is 5.94. The van der Waals surface area contributed by atoms with Gasteiger partial charge in [0.1, 0.15) is 5.82 Å². The summed E-state index contributed by atoms with van der Waals surface area (Å²) in [5.41, 5.74) is -0.684. The Bertz CT molecular complexity index is 538. The molecule has 2 nitrogen and oxygen atoms in total. The molecule has 1 unspecified atom stereocenters. The van der Waals surface area contributed by atoms with Gasteiger partial charge in [0, 0.05) is 11.1 Å². The van der Waals surface area contributed by atoms with Crippen LogP contribution in [0.4, 0.5) is 19.0 Å². The predicted molar refractivity (Wildman–Crippen MR) is 74.8 cm³/mol. The third-order valence-corrected chi connectivity index (χ3v) is 3.86. The zero-order valence-corrected chi connectivity index (χ0v) is 11.8. The lowest BCUT2D eigenvalue weighted by Crippen LogP contribution is -2.12. The van der Waals surface area contributed by atoms with Crippen LogP contribution in [0.2, 0.25) is 0 Å². The maximum Gasteiger partial charge on any atom is 0.416 e. The van der Waals surface area contributed by atoms with Crippen LogP contribution >= 0.6 is 11.3 Å². The Hall–Kier alpha value is -1.56. The van der Waals surface area contributed by atoms with E-state index < -0.39 is 11.7 Å². The predicted octanol–water partition coefficient (Wildman–Crippen LogP) is 5.12. The molecular weight excluding hydrogens is 285 g/mol. The van der Waals surface area contributed by atoms with E-state index in [4.69, 9.17) is 0 Å². The minimum absolute atomic E-state index is 0.00372. The Morgan fingerprint density at radius 3 is 2.75 bits per heavy atom. The van der Waals surface area contributed by atoms with Crippen molar-refractivity contribution in [2.45, 2.75) is 32.0 Å². The fourth-order valence-corrected chi connectivity index (χ4v) is 2.74. The number of nitrogens with one attached hydrogen (secondary N) is 1. The van der Waals surface area contributed by atoms with Crippen molar-refractivity contribution in [2.24, 2.45) is 0 Å². The molecule has 0 saturated heterocycles. The first kappa shape index (κ1) is 14.8. The molecule has 0 bridgehead atoms. The minimum Gasteiger partial charge on any atom is -0.362 e. The van der Waals surface area contributed by atoms with Crippen molar-refractivity contribution in [3.05, 3.63) is 46.3 Å². The molecule has 0 saturated carbocycles. The van der Waals surface area contributed by atoms with Crippen LogP contribution in [0.25, 0.3) is 0 Å². The van der Waals surface area contributed by atoms with Crippen LogP contribution in [-0.2, 0) is 6.18 Å². The zero-order valence-electron chi connectivity index (χ0n) is 10.9. The first-order chi connectivity index (χ1) is 9.50. The molecular formula is C14H15F3N2S. The number of aromatic nitrogens is 1. The lowest BCUT2D eigenvalue weighted by Gasteiger charge is -2.18. The lowest BCUT2D eigenvalue weighted by atomic mass is 10.1.